The molecule has 1 spiro atoms. The van der Waals surface area contributed by atoms with Crippen molar-refractivity contribution in [1.29, 1.82) is 0 Å². The van der Waals surface area contributed by atoms with Crippen LogP contribution in [0.1, 0.15) is 23.0 Å². The molecule has 4 aromatic heterocycles. The van der Waals surface area contributed by atoms with Crippen LogP contribution in [0.4, 0.5) is 10.8 Å². The van der Waals surface area contributed by atoms with Gasteiger partial charge in [-0.05, 0) is 36.8 Å². The smallest absolute Gasteiger partial charge is 0.261 e. The van der Waals surface area contributed by atoms with Gasteiger partial charge in [-0.25, -0.2) is 4.98 Å². The van der Waals surface area contributed by atoms with E-state index in [0.29, 0.717) is 16.3 Å². The summed E-state index contributed by atoms with van der Waals surface area (Å²) in [5.74, 6) is -0.132. The van der Waals surface area contributed by atoms with Gasteiger partial charge in [0.25, 0.3) is 5.91 Å². The van der Waals surface area contributed by atoms with Crippen molar-refractivity contribution in [3.63, 3.8) is 0 Å². The molecule has 0 bridgehead atoms. The maximum Gasteiger partial charge on any atom is 0.261 e. The molecule has 35 heavy (non-hydrogen) atoms. The molecular weight excluding hydrogens is 462 g/mol. The molecular formula is C25H23N7O2S. The summed E-state index contributed by atoms with van der Waals surface area (Å²) in [6, 6.07) is 7.83. The highest BCUT2D eigenvalue weighted by atomic mass is 32.1. The molecule has 176 valence electrons. The molecule has 0 atom stereocenters. The average Bonchev–Trinajstić information content (AvgIpc) is 3.19. The highest BCUT2D eigenvalue weighted by Crippen LogP contribution is 2.43. The number of hydrogen-bond acceptors (Lipinski definition) is 8. The normalized spacial score (nSPS) is 16.2. The summed E-state index contributed by atoms with van der Waals surface area (Å²) in [5.41, 5.74) is 4.95. The summed E-state index contributed by atoms with van der Waals surface area (Å²) >= 11 is 1.39. The molecule has 0 aromatic carbocycles. The van der Waals surface area contributed by atoms with Gasteiger partial charge in [0.15, 0.2) is 10.8 Å². The zero-order valence-electron chi connectivity index (χ0n) is 19.4. The number of carbonyl (C=O) groups is 2. The Balaban J connectivity index is 1.21. The first-order chi connectivity index (χ1) is 16.9. The molecule has 2 fully saturated rings. The minimum Gasteiger partial charge on any atom is -0.369 e. The molecule has 2 aliphatic rings. The predicted molar refractivity (Wildman–Crippen MR) is 134 cm³/mol. The van der Waals surface area contributed by atoms with Crippen LogP contribution in [0.2, 0.25) is 0 Å². The van der Waals surface area contributed by atoms with Crippen LogP contribution in [0, 0.1) is 12.3 Å². The maximum absolute atomic E-state index is 13.3. The third kappa shape index (κ3) is 3.89. The van der Waals surface area contributed by atoms with E-state index in [1.165, 1.54) is 11.3 Å². The van der Waals surface area contributed by atoms with Crippen molar-refractivity contribution in [3.05, 3.63) is 60.3 Å². The van der Waals surface area contributed by atoms with Gasteiger partial charge in [0.2, 0.25) is 5.91 Å². The largest absolute Gasteiger partial charge is 0.369 e. The number of nitrogens with one attached hydrogen (secondary N) is 1. The highest BCUT2D eigenvalue weighted by Gasteiger charge is 2.53. The Kier molecular flexibility index (Phi) is 4.99. The van der Waals surface area contributed by atoms with Crippen molar-refractivity contribution in [1.82, 2.24) is 24.8 Å². The standard InChI is InChI=1S/C25H23N7O2S/c1-15-7-20(32-13-25(14-32)11-31(12-25)16(2)33)19(10-27-15)23(34)30-24-29-22-21(35-24)8-18(9-28-22)17-3-5-26-6-4-17/h3-10H,11-14H2,1-2H3,(H,28,29,30,34). The summed E-state index contributed by atoms with van der Waals surface area (Å²) in [6.45, 7) is 6.73. The number of rotatable bonds is 4. The molecule has 2 aliphatic heterocycles. The van der Waals surface area contributed by atoms with Crippen LogP contribution in [0.3, 0.4) is 0 Å². The van der Waals surface area contributed by atoms with Gasteiger partial charge in [0.1, 0.15) is 0 Å². The fraction of sp³-hybridized carbons (Fsp3) is 0.280. The molecule has 10 heteroatoms. The van der Waals surface area contributed by atoms with Crippen LogP contribution in [-0.2, 0) is 4.79 Å². The molecule has 6 rings (SSSR count). The Hall–Kier alpha value is -3.92. The number of amides is 2. The molecule has 9 nitrogen and oxygen atoms in total. The van der Waals surface area contributed by atoms with Crippen molar-refractivity contribution >= 4 is 44.3 Å². The topological polar surface area (TPSA) is 104 Å². The summed E-state index contributed by atoms with van der Waals surface area (Å²) in [4.78, 5) is 46.3. The quantitative estimate of drug-likeness (QED) is 0.473. The van der Waals surface area contributed by atoms with Crippen LogP contribution in [0.15, 0.2) is 49.1 Å². The first-order valence-corrected chi connectivity index (χ1v) is 12.2. The number of hydrogen-bond donors (Lipinski definition) is 1. The molecule has 0 saturated carbocycles. The lowest BCUT2D eigenvalue weighted by molar-refractivity contribution is -0.142. The lowest BCUT2D eigenvalue weighted by Gasteiger charge is -2.61. The lowest BCUT2D eigenvalue weighted by atomic mass is 9.72. The second-order valence-electron chi connectivity index (χ2n) is 9.33. The van der Waals surface area contributed by atoms with Crippen LogP contribution < -0.4 is 10.2 Å². The van der Waals surface area contributed by atoms with E-state index in [1.807, 2.05) is 36.1 Å². The van der Waals surface area contributed by atoms with Crippen LogP contribution in [0.5, 0.6) is 0 Å². The van der Waals surface area contributed by atoms with Gasteiger partial charge in [0, 0.05) is 74.6 Å². The first-order valence-electron chi connectivity index (χ1n) is 11.3. The van der Waals surface area contributed by atoms with Crippen molar-refractivity contribution in [3.8, 4) is 11.1 Å². The maximum atomic E-state index is 13.3. The van der Waals surface area contributed by atoms with Gasteiger partial charge in [-0.3, -0.25) is 24.9 Å². The monoisotopic (exact) mass is 485 g/mol. The number of carbonyl (C=O) groups excluding carboxylic acids is 2. The van der Waals surface area contributed by atoms with Gasteiger partial charge in [-0.1, -0.05) is 11.3 Å². The van der Waals surface area contributed by atoms with Crippen LogP contribution >= 0.6 is 11.3 Å². The van der Waals surface area contributed by atoms with Crippen molar-refractivity contribution in [2.24, 2.45) is 5.41 Å². The third-order valence-electron chi connectivity index (χ3n) is 6.64. The van der Waals surface area contributed by atoms with E-state index < -0.39 is 0 Å². The zero-order chi connectivity index (χ0) is 24.2. The molecule has 1 N–H and O–H groups in total. The number of pyridine rings is 3. The predicted octanol–water partition coefficient (Wildman–Crippen LogP) is 3.38. The number of anilines is 2. The Morgan fingerprint density at radius 1 is 1.03 bits per heavy atom. The molecule has 2 amide bonds. The van der Waals surface area contributed by atoms with Gasteiger partial charge >= 0.3 is 0 Å². The van der Waals surface area contributed by atoms with E-state index in [4.69, 9.17) is 0 Å². The second kappa shape index (κ2) is 8.09. The number of aromatic nitrogens is 4. The van der Waals surface area contributed by atoms with Crippen molar-refractivity contribution < 1.29 is 9.59 Å². The minimum atomic E-state index is -0.249. The molecule has 0 unspecified atom stereocenters. The van der Waals surface area contributed by atoms with E-state index in [-0.39, 0.29) is 17.2 Å². The Morgan fingerprint density at radius 3 is 2.54 bits per heavy atom. The Morgan fingerprint density at radius 2 is 1.80 bits per heavy atom. The fourth-order valence-electron chi connectivity index (χ4n) is 4.84. The Bertz CT molecular complexity index is 1460. The summed E-state index contributed by atoms with van der Waals surface area (Å²) in [7, 11) is 0. The summed E-state index contributed by atoms with van der Waals surface area (Å²) in [6.07, 6.45) is 6.89. The van der Waals surface area contributed by atoms with Gasteiger partial charge in [-0.15, -0.1) is 0 Å². The summed E-state index contributed by atoms with van der Waals surface area (Å²) < 4.78 is 0.890. The van der Waals surface area contributed by atoms with E-state index in [9.17, 15) is 9.59 Å². The molecule has 0 aliphatic carbocycles. The summed E-state index contributed by atoms with van der Waals surface area (Å²) in [5, 5.41) is 3.43. The van der Waals surface area contributed by atoms with Crippen LogP contribution in [-0.4, -0.2) is 62.8 Å². The molecule has 4 aromatic rings. The first kappa shape index (κ1) is 21.6. The average molecular weight is 486 g/mol. The SMILES string of the molecule is CC(=O)N1CC2(C1)CN(c1cc(C)ncc1C(=O)Nc1nc3ncc(-c4ccncc4)cc3s1)C2. The van der Waals surface area contributed by atoms with E-state index in [0.717, 1.165) is 53.4 Å². The number of aryl methyl sites for hydroxylation is 1. The Labute approximate surface area is 205 Å². The van der Waals surface area contributed by atoms with Gasteiger partial charge < -0.3 is 9.80 Å². The third-order valence-corrected chi connectivity index (χ3v) is 7.54. The highest BCUT2D eigenvalue weighted by molar-refractivity contribution is 7.22. The number of likely N-dealkylation sites (tertiary alicyclic amines) is 1. The molecule has 6 heterocycles. The number of thiazole rings is 1. The van der Waals surface area contributed by atoms with Crippen molar-refractivity contribution in [2.75, 3.05) is 36.4 Å². The number of fused-ring (bicyclic) bond motifs is 1. The van der Waals surface area contributed by atoms with E-state index in [2.05, 4.69) is 30.2 Å². The van der Waals surface area contributed by atoms with Crippen LogP contribution in [0.25, 0.3) is 21.5 Å². The minimum absolute atomic E-state index is 0.118. The van der Waals surface area contributed by atoms with Crippen molar-refractivity contribution in [2.45, 2.75) is 13.8 Å². The lowest BCUT2D eigenvalue weighted by Crippen LogP contribution is -2.73. The second-order valence-corrected chi connectivity index (χ2v) is 10.4. The fourth-order valence-corrected chi connectivity index (χ4v) is 5.70. The molecule has 0 radical (unpaired) electrons. The van der Waals surface area contributed by atoms with Gasteiger partial charge in [-0.2, -0.15) is 4.98 Å². The van der Waals surface area contributed by atoms with E-state index >= 15 is 0 Å². The van der Waals surface area contributed by atoms with E-state index in [1.54, 1.807) is 31.7 Å². The molecule has 2 saturated heterocycles. The van der Waals surface area contributed by atoms with Gasteiger partial charge in [0.05, 0.1) is 16.0 Å². The zero-order valence-corrected chi connectivity index (χ0v) is 20.2. The number of nitrogens with zero attached hydrogens (tertiary/aromatic N) is 6.